The van der Waals surface area contributed by atoms with E-state index in [9.17, 15) is 4.79 Å². The zero-order valence-corrected chi connectivity index (χ0v) is 17.4. The molecule has 4 nitrogen and oxygen atoms in total. The molecule has 0 aliphatic carbocycles. The molecule has 1 amide bonds. The van der Waals surface area contributed by atoms with E-state index in [1.807, 2.05) is 29.2 Å². The van der Waals surface area contributed by atoms with Gasteiger partial charge in [0.15, 0.2) is 0 Å². The summed E-state index contributed by atoms with van der Waals surface area (Å²) in [5.74, 6) is 1.36. The van der Waals surface area contributed by atoms with Crippen molar-refractivity contribution in [2.75, 3.05) is 11.4 Å². The van der Waals surface area contributed by atoms with Crippen LogP contribution in [0.4, 0.5) is 5.69 Å². The highest BCUT2D eigenvalue weighted by Gasteiger charge is 2.35. The minimum absolute atomic E-state index is 0.116. The van der Waals surface area contributed by atoms with Crippen LogP contribution in [0.5, 0.6) is 0 Å². The highest BCUT2D eigenvalue weighted by molar-refractivity contribution is 6.05. The largest absolute Gasteiger partial charge is 0.328 e. The maximum absolute atomic E-state index is 13.1. The van der Waals surface area contributed by atoms with Gasteiger partial charge in [0, 0.05) is 30.8 Å². The summed E-state index contributed by atoms with van der Waals surface area (Å²) in [5, 5.41) is 2.29. The molecule has 0 N–H and O–H groups in total. The first-order valence-corrected chi connectivity index (χ1v) is 11.0. The van der Waals surface area contributed by atoms with E-state index in [0.29, 0.717) is 13.0 Å². The number of carbonyl (C=O) groups is 1. The molecule has 0 spiro atoms. The molecule has 1 aliphatic rings. The lowest BCUT2D eigenvalue weighted by atomic mass is 10.1. The number of rotatable bonds is 6. The Morgan fingerprint density at radius 2 is 1.77 bits per heavy atom. The van der Waals surface area contributed by atoms with Gasteiger partial charge in [0.05, 0.1) is 16.7 Å². The van der Waals surface area contributed by atoms with Crippen LogP contribution in [0.15, 0.2) is 66.7 Å². The van der Waals surface area contributed by atoms with E-state index in [-0.39, 0.29) is 11.8 Å². The van der Waals surface area contributed by atoms with Crippen molar-refractivity contribution in [3.63, 3.8) is 0 Å². The number of aromatic nitrogens is 2. The summed E-state index contributed by atoms with van der Waals surface area (Å²) in [5.41, 5.74) is 3.22. The van der Waals surface area contributed by atoms with Crippen molar-refractivity contribution in [3.8, 4) is 0 Å². The number of unbranched alkanes of at least 4 members (excludes halogenated alkanes) is 2. The first-order chi connectivity index (χ1) is 14.8. The number of benzene rings is 3. The monoisotopic (exact) mass is 397 g/mol. The minimum atomic E-state index is 0.116. The Kier molecular flexibility index (Phi) is 4.99. The molecule has 1 aromatic heterocycles. The van der Waals surface area contributed by atoms with Gasteiger partial charge in [-0.2, -0.15) is 0 Å². The van der Waals surface area contributed by atoms with E-state index in [1.165, 1.54) is 18.4 Å². The van der Waals surface area contributed by atoms with Crippen LogP contribution < -0.4 is 4.90 Å². The minimum Gasteiger partial charge on any atom is -0.328 e. The Labute approximate surface area is 177 Å². The van der Waals surface area contributed by atoms with Gasteiger partial charge in [-0.1, -0.05) is 68.3 Å². The van der Waals surface area contributed by atoms with E-state index in [1.54, 1.807) is 0 Å². The molecule has 1 fully saturated rings. The SMILES string of the molecule is CCCCCn1c(C2CC(=O)N(c3cccc4ccccc34)C2)nc2ccccc21. The van der Waals surface area contributed by atoms with E-state index >= 15 is 0 Å². The third kappa shape index (κ3) is 3.26. The maximum atomic E-state index is 13.1. The number of para-hydroxylation sites is 2. The molecule has 1 unspecified atom stereocenters. The van der Waals surface area contributed by atoms with Crippen LogP contribution in [0.2, 0.25) is 0 Å². The van der Waals surface area contributed by atoms with Gasteiger partial charge >= 0.3 is 0 Å². The number of aryl methyl sites for hydroxylation is 1. The summed E-state index contributed by atoms with van der Waals surface area (Å²) < 4.78 is 2.36. The van der Waals surface area contributed by atoms with Crippen molar-refractivity contribution < 1.29 is 4.79 Å². The Balaban J connectivity index is 1.51. The summed E-state index contributed by atoms with van der Waals surface area (Å²) in [6.45, 7) is 3.87. The standard InChI is InChI=1S/C26H27N3O/c1-2-3-8-16-28-24-14-7-6-13-22(24)27-26(28)20-17-25(30)29(18-20)23-15-9-11-19-10-4-5-12-21(19)23/h4-7,9-15,20H,2-3,8,16-18H2,1H3. The molecule has 4 heteroatoms. The number of imidazole rings is 1. The van der Waals surface area contributed by atoms with Crippen LogP contribution in [0.3, 0.4) is 0 Å². The molecular weight excluding hydrogens is 370 g/mol. The molecule has 0 saturated carbocycles. The Bertz CT molecular complexity index is 1200. The van der Waals surface area contributed by atoms with Crippen LogP contribution in [0, 0.1) is 0 Å². The number of fused-ring (bicyclic) bond motifs is 2. The molecule has 3 aromatic carbocycles. The normalized spacial score (nSPS) is 16.8. The number of hydrogen-bond acceptors (Lipinski definition) is 2. The first kappa shape index (κ1) is 18.9. The fourth-order valence-electron chi connectivity index (χ4n) is 4.72. The van der Waals surface area contributed by atoms with Gasteiger partial charge in [0.1, 0.15) is 5.82 Å². The lowest BCUT2D eigenvalue weighted by Gasteiger charge is -2.19. The van der Waals surface area contributed by atoms with Gasteiger partial charge in [-0.15, -0.1) is 0 Å². The fourth-order valence-corrected chi connectivity index (χ4v) is 4.72. The van der Waals surface area contributed by atoms with E-state index in [0.717, 1.165) is 40.8 Å². The van der Waals surface area contributed by atoms with E-state index < -0.39 is 0 Å². The van der Waals surface area contributed by atoms with Gasteiger partial charge in [0.2, 0.25) is 5.91 Å². The number of hydrogen-bond donors (Lipinski definition) is 0. The summed E-state index contributed by atoms with van der Waals surface area (Å²) in [6, 6.07) is 22.8. The number of carbonyl (C=O) groups excluding carboxylic acids is 1. The van der Waals surface area contributed by atoms with Crippen molar-refractivity contribution in [2.24, 2.45) is 0 Å². The van der Waals surface area contributed by atoms with Gasteiger partial charge in [-0.3, -0.25) is 4.79 Å². The second kappa shape index (κ2) is 7.94. The number of amides is 1. The van der Waals surface area contributed by atoms with Crippen LogP contribution >= 0.6 is 0 Å². The average Bonchev–Trinajstić information content (AvgIpc) is 3.34. The Morgan fingerprint density at radius 1 is 0.967 bits per heavy atom. The molecule has 1 atom stereocenters. The molecule has 152 valence electrons. The van der Waals surface area contributed by atoms with Crippen LogP contribution in [0.25, 0.3) is 21.8 Å². The first-order valence-electron chi connectivity index (χ1n) is 11.0. The zero-order chi connectivity index (χ0) is 20.5. The lowest BCUT2D eigenvalue weighted by molar-refractivity contribution is -0.117. The molecule has 1 saturated heterocycles. The molecule has 4 aromatic rings. The number of anilines is 1. The topological polar surface area (TPSA) is 38.1 Å². The highest BCUT2D eigenvalue weighted by atomic mass is 16.2. The summed E-state index contributed by atoms with van der Waals surface area (Å²) in [7, 11) is 0. The van der Waals surface area contributed by atoms with Gasteiger partial charge in [-0.25, -0.2) is 4.98 Å². The van der Waals surface area contributed by atoms with Gasteiger partial charge < -0.3 is 9.47 Å². The zero-order valence-electron chi connectivity index (χ0n) is 17.4. The molecule has 30 heavy (non-hydrogen) atoms. The van der Waals surface area contributed by atoms with Crippen LogP contribution in [-0.4, -0.2) is 22.0 Å². The second-order valence-electron chi connectivity index (χ2n) is 8.22. The number of nitrogens with zero attached hydrogens (tertiary/aromatic N) is 3. The lowest BCUT2D eigenvalue weighted by Crippen LogP contribution is -2.24. The van der Waals surface area contributed by atoms with Crippen molar-refractivity contribution in [1.82, 2.24) is 9.55 Å². The Hall–Kier alpha value is -3.14. The quantitative estimate of drug-likeness (QED) is 0.380. The molecule has 1 aliphatic heterocycles. The van der Waals surface area contributed by atoms with Gasteiger partial charge in [-0.05, 0) is 30.0 Å². The molecular formula is C26H27N3O. The second-order valence-corrected chi connectivity index (χ2v) is 8.22. The van der Waals surface area contributed by atoms with Crippen molar-refractivity contribution >= 4 is 33.4 Å². The smallest absolute Gasteiger partial charge is 0.227 e. The third-order valence-corrected chi connectivity index (χ3v) is 6.22. The van der Waals surface area contributed by atoms with Crippen molar-refractivity contribution in [1.29, 1.82) is 0 Å². The van der Waals surface area contributed by atoms with Crippen LogP contribution in [0.1, 0.15) is 44.3 Å². The average molecular weight is 398 g/mol. The predicted molar refractivity (Wildman–Crippen MR) is 123 cm³/mol. The van der Waals surface area contributed by atoms with Crippen molar-refractivity contribution in [3.05, 3.63) is 72.6 Å². The molecule has 0 bridgehead atoms. The molecule has 2 heterocycles. The van der Waals surface area contributed by atoms with Crippen LogP contribution in [-0.2, 0) is 11.3 Å². The summed E-state index contributed by atoms with van der Waals surface area (Å²) in [4.78, 5) is 20.0. The third-order valence-electron chi connectivity index (χ3n) is 6.22. The Morgan fingerprint density at radius 3 is 2.67 bits per heavy atom. The van der Waals surface area contributed by atoms with E-state index in [4.69, 9.17) is 4.98 Å². The van der Waals surface area contributed by atoms with Crippen molar-refractivity contribution in [2.45, 2.75) is 45.1 Å². The van der Waals surface area contributed by atoms with E-state index in [2.05, 4.69) is 54.0 Å². The van der Waals surface area contributed by atoms with Gasteiger partial charge in [0.25, 0.3) is 0 Å². The molecule has 0 radical (unpaired) electrons. The highest BCUT2D eigenvalue weighted by Crippen LogP contribution is 2.36. The predicted octanol–water partition coefficient (Wildman–Crippen LogP) is 5.90. The fraction of sp³-hybridized carbons (Fsp3) is 0.308. The maximum Gasteiger partial charge on any atom is 0.227 e. The summed E-state index contributed by atoms with van der Waals surface area (Å²) in [6.07, 6.45) is 4.05. The molecule has 5 rings (SSSR count). The summed E-state index contributed by atoms with van der Waals surface area (Å²) >= 11 is 0.